The topological polar surface area (TPSA) is 64.0 Å². The van der Waals surface area contributed by atoms with Crippen molar-refractivity contribution in [3.05, 3.63) is 16.9 Å². The predicted molar refractivity (Wildman–Crippen MR) is 73.6 cm³/mol. The number of hydrogen-bond acceptors (Lipinski definition) is 4. The minimum Gasteiger partial charge on any atom is -0.308 e. The molecule has 0 aromatic carbocycles. The standard InChI is InChI=1S/C11H20ClN3O2S/c1-5-6-13-10(8(2)18(4,16)17)11-9(12)7-14-15(11)3/h7-8,10,13H,5-6H2,1-4H3. The molecule has 0 saturated heterocycles. The molecule has 5 nitrogen and oxygen atoms in total. The van der Waals surface area contributed by atoms with E-state index in [0.717, 1.165) is 13.0 Å². The highest BCUT2D eigenvalue weighted by molar-refractivity contribution is 7.91. The lowest BCUT2D eigenvalue weighted by atomic mass is 10.1. The fourth-order valence-corrected chi connectivity index (χ4v) is 2.81. The van der Waals surface area contributed by atoms with E-state index in [2.05, 4.69) is 10.4 Å². The van der Waals surface area contributed by atoms with Crippen LogP contribution in [0.3, 0.4) is 0 Å². The first-order valence-corrected chi connectivity index (χ1v) is 8.22. The number of nitrogens with one attached hydrogen (secondary N) is 1. The van der Waals surface area contributed by atoms with Gasteiger partial charge in [0.1, 0.15) is 0 Å². The Morgan fingerprint density at radius 3 is 2.56 bits per heavy atom. The molecule has 2 unspecified atom stereocenters. The molecule has 1 heterocycles. The first kappa shape index (κ1) is 15.5. The summed E-state index contributed by atoms with van der Waals surface area (Å²) in [7, 11) is -1.39. The Hall–Kier alpha value is -0.590. The van der Waals surface area contributed by atoms with Crippen LogP contribution in [0.15, 0.2) is 6.20 Å². The van der Waals surface area contributed by atoms with Crippen LogP contribution < -0.4 is 5.32 Å². The molecule has 2 atom stereocenters. The third-order valence-electron chi connectivity index (χ3n) is 2.99. The average Bonchev–Trinajstić information content (AvgIpc) is 2.59. The van der Waals surface area contributed by atoms with Crippen molar-refractivity contribution in [1.29, 1.82) is 0 Å². The van der Waals surface area contributed by atoms with Crippen molar-refractivity contribution in [1.82, 2.24) is 15.1 Å². The summed E-state index contributed by atoms with van der Waals surface area (Å²) in [6.45, 7) is 4.44. The van der Waals surface area contributed by atoms with E-state index in [4.69, 9.17) is 11.6 Å². The molecule has 7 heteroatoms. The van der Waals surface area contributed by atoms with E-state index in [1.54, 1.807) is 18.7 Å². The zero-order chi connectivity index (χ0) is 13.9. The Labute approximate surface area is 113 Å². The van der Waals surface area contributed by atoms with Gasteiger partial charge in [0.05, 0.1) is 28.2 Å². The van der Waals surface area contributed by atoms with Gasteiger partial charge in [0.2, 0.25) is 0 Å². The maximum atomic E-state index is 11.7. The van der Waals surface area contributed by atoms with Gasteiger partial charge in [-0.05, 0) is 19.9 Å². The van der Waals surface area contributed by atoms with Crippen molar-refractivity contribution in [2.75, 3.05) is 12.8 Å². The van der Waals surface area contributed by atoms with Crippen LogP contribution in [0.2, 0.25) is 5.02 Å². The predicted octanol–water partition coefficient (Wildman–Crippen LogP) is 1.55. The Morgan fingerprint density at radius 2 is 2.17 bits per heavy atom. The Balaban J connectivity index is 3.14. The maximum absolute atomic E-state index is 11.7. The van der Waals surface area contributed by atoms with Gasteiger partial charge in [0, 0.05) is 13.3 Å². The number of hydrogen-bond donors (Lipinski definition) is 1. The third kappa shape index (κ3) is 3.46. The number of nitrogens with zero attached hydrogens (tertiary/aromatic N) is 2. The van der Waals surface area contributed by atoms with Crippen molar-refractivity contribution in [3.8, 4) is 0 Å². The molecule has 0 aliphatic carbocycles. The average molecular weight is 294 g/mol. The third-order valence-corrected chi connectivity index (χ3v) is 4.91. The van der Waals surface area contributed by atoms with E-state index in [9.17, 15) is 8.42 Å². The van der Waals surface area contributed by atoms with Gasteiger partial charge in [-0.3, -0.25) is 4.68 Å². The van der Waals surface area contributed by atoms with Gasteiger partial charge < -0.3 is 5.32 Å². The van der Waals surface area contributed by atoms with Crippen molar-refractivity contribution in [2.24, 2.45) is 7.05 Å². The lowest BCUT2D eigenvalue weighted by Crippen LogP contribution is -2.36. The van der Waals surface area contributed by atoms with Crippen LogP contribution in [0.5, 0.6) is 0 Å². The van der Waals surface area contributed by atoms with Crippen LogP contribution in [0.4, 0.5) is 0 Å². The molecule has 0 amide bonds. The van der Waals surface area contributed by atoms with Crippen LogP contribution in [0.25, 0.3) is 0 Å². The number of halogens is 1. The SMILES string of the molecule is CCCNC(c1c(Cl)cnn1C)C(C)S(C)(=O)=O. The summed E-state index contributed by atoms with van der Waals surface area (Å²) in [4.78, 5) is 0. The molecule has 1 aromatic heterocycles. The summed E-state index contributed by atoms with van der Waals surface area (Å²) < 4.78 is 25.1. The van der Waals surface area contributed by atoms with E-state index >= 15 is 0 Å². The summed E-state index contributed by atoms with van der Waals surface area (Å²) in [6.07, 6.45) is 3.69. The monoisotopic (exact) mass is 293 g/mol. The van der Waals surface area contributed by atoms with Gasteiger partial charge in [-0.1, -0.05) is 18.5 Å². The molecule has 104 valence electrons. The molecule has 0 fully saturated rings. The molecular weight excluding hydrogens is 274 g/mol. The van der Waals surface area contributed by atoms with E-state index < -0.39 is 15.1 Å². The highest BCUT2D eigenvalue weighted by atomic mass is 35.5. The van der Waals surface area contributed by atoms with Gasteiger partial charge in [-0.25, -0.2) is 8.42 Å². The molecule has 0 aliphatic heterocycles. The maximum Gasteiger partial charge on any atom is 0.151 e. The molecule has 0 radical (unpaired) electrons. The van der Waals surface area contributed by atoms with Crippen LogP contribution in [0, 0.1) is 0 Å². The van der Waals surface area contributed by atoms with E-state index in [1.165, 1.54) is 12.5 Å². The highest BCUT2D eigenvalue weighted by Gasteiger charge is 2.30. The zero-order valence-corrected chi connectivity index (χ0v) is 12.7. The summed E-state index contributed by atoms with van der Waals surface area (Å²) in [6, 6.07) is -0.347. The van der Waals surface area contributed by atoms with Crippen molar-refractivity contribution in [3.63, 3.8) is 0 Å². The van der Waals surface area contributed by atoms with Crippen LogP contribution in [-0.2, 0) is 16.9 Å². The summed E-state index contributed by atoms with van der Waals surface area (Å²) >= 11 is 6.09. The summed E-state index contributed by atoms with van der Waals surface area (Å²) in [5.41, 5.74) is 0.711. The minimum absolute atomic E-state index is 0.347. The zero-order valence-electron chi connectivity index (χ0n) is 11.1. The van der Waals surface area contributed by atoms with E-state index in [1.807, 2.05) is 6.92 Å². The van der Waals surface area contributed by atoms with Crippen LogP contribution in [0.1, 0.15) is 32.0 Å². The Kier molecular flexibility index (Phi) is 5.19. The highest BCUT2D eigenvalue weighted by Crippen LogP contribution is 2.27. The van der Waals surface area contributed by atoms with Crippen molar-refractivity contribution in [2.45, 2.75) is 31.6 Å². The first-order valence-electron chi connectivity index (χ1n) is 5.88. The minimum atomic E-state index is -3.15. The summed E-state index contributed by atoms with van der Waals surface area (Å²) in [5.74, 6) is 0. The number of sulfone groups is 1. The van der Waals surface area contributed by atoms with Crippen LogP contribution >= 0.6 is 11.6 Å². The first-order chi connectivity index (χ1) is 8.29. The smallest absolute Gasteiger partial charge is 0.151 e. The van der Waals surface area contributed by atoms with E-state index in [0.29, 0.717) is 10.7 Å². The molecule has 0 saturated carbocycles. The molecule has 1 N–H and O–H groups in total. The molecule has 18 heavy (non-hydrogen) atoms. The second-order valence-electron chi connectivity index (χ2n) is 4.47. The van der Waals surface area contributed by atoms with Crippen LogP contribution in [-0.4, -0.2) is 36.2 Å². The van der Waals surface area contributed by atoms with Gasteiger partial charge >= 0.3 is 0 Å². The largest absolute Gasteiger partial charge is 0.308 e. The van der Waals surface area contributed by atoms with Gasteiger partial charge in [0.15, 0.2) is 9.84 Å². The van der Waals surface area contributed by atoms with Gasteiger partial charge in [-0.2, -0.15) is 5.10 Å². The second-order valence-corrected chi connectivity index (χ2v) is 7.28. The fourth-order valence-electron chi connectivity index (χ4n) is 1.80. The van der Waals surface area contributed by atoms with Crippen molar-refractivity contribution >= 4 is 21.4 Å². The van der Waals surface area contributed by atoms with Gasteiger partial charge in [0.25, 0.3) is 0 Å². The lowest BCUT2D eigenvalue weighted by Gasteiger charge is -2.24. The number of aryl methyl sites for hydroxylation is 1. The molecular formula is C11H20ClN3O2S. The molecule has 0 aliphatic rings. The van der Waals surface area contributed by atoms with Crippen molar-refractivity contribution < 1.29 is 8.42 Å². The summed E-state index contributed by atoms with van der Waals surface area (Å²) in [5, 5.41) is 7.22. The number of aromatic nitrogens is 2. The normalized spacial score (nSPS) is 15.6. The molecule has 1 aromatic rings. The van der Waals surface area contributed by atoms with Gasteiger partial charge in [-0.15, -0.1) is 0 Å². The van der Waals surface area contributed by atoms with E-state index in [-0.39, 0.29) is 6.04 Å². The molecule has 0 spiro atoms. The molecule has 1 rings (SSSR count). The second kappa shape index (κ2) is 6.04. The fraction of sp³-hybridized carbons (Fsp3) is 0.727. The Morgan fingerprint density at radius 1 is 1.56 bits per heavy atom. The lowest BCUT2D eigenvalue weighted by molar-refractivity contribution is 0.473. The Bertz CT molecular complexity index is 479. The molecule has 0 bridgehead atoms. The quantitative estimate of drug-likeness (QED) is 0.864. The number of rotatable bonds is 6.